The zero-order valence-electron chi connectivity index (χ0n) is 27.3. The van der Waals surface area contributed by atoms with Gasteiger partial charge >= 0.3 is 0 Å². The van der Waals surface area contributed by atoms with Gasteiger partial charge in [0.05, 0.1) is 41.0 Å². The summed E-state index contributed by atoms with van der Waals surface area (Å²) in [6.07, 6.45) is 0.584. The molecular formula is C36H33F2N5O5S. The van der Waals surface area contributed by atoms with Crippen molar-refractivity contribution in [2.45, 2.75) is 26.1 Å². The van der Waals surface area contributed by atoms with Gasteiger partial charge in [-0.25, -0.2) is 22.2 Å². The normalized spacial score (nSPS) is 14.2. The first-order valence-electron chi connectivity index (χ1n) is 15.6. The monoisotopic (exact) mass is 685 g/mol. The van der Waals surface area contributed by atoms with Crippen LogP contribution in [0.1, 0.15) is 30.4 Å². The van der Waals surface area contributed by atoms with E-state index in [-0.39, 0.29) is 34.5 Å². The van der Waals surface area contributed by atoms with E-state index in [9.17, 15) is 17.6 Å². The SMILES string of the molecule is CNC(=O)c1c(-c2ccc(F)cc2)oc2cc(N(C)S(C)(=O)=O)c(-c3ccc4c(n3)-c3cc5c(F)cccc5n3C(CNC(C)C)O4)cc12. The summed E-state index contributed by atoms with van der Waals surface area (Å²) in [5.41, 5.74) is 3.60. The Balaban J connectivity index is 1.47. The molecule has 0 aliphatic carbocycles. The topological polar surface area (TPSA) is 119 Å². The van der Waals surface area contributed by atoms with Crippen molar-refractivity contribution in [3.63, 3.8) is 0 Å². The Morgan fingerprint density at radius 1 is 1.04 bits per heavy atom. The molecule has 0 bridgehead atoms. The summed E-state index contributed by atoms with van der Waals surface area (Å²) in [7, 11) is -0.880. The molecule has 1 aliphatic rings. The zero-order valence-corrected chi connectivity index (χ0v) is 28.2. The molecule has 7 rings (SSSR count). The molecule has 6 aromatic rings. The molecule has 3 aromatic carbocycles. The Labute approximate surface area is 281 Å². The third-order valence-corrected chi connectivity index (χ3v) is 9.85. The molecule has 1 amide bonds. The van der Waals surface area contributed by atoms with Gasteiger partial charge in [-0.2, -0.15) is 0 Å². The number of amides is 1. The van der Waals surface area contributed by atoms with Crippen LogP contribution in [-0.4, -0.2) is 56.8 Å². The minimum atomic E-state index is -3.78. The van der Waals surface area contributed by atoms with Crippen LogP contribution in [0.15, 0.2) is 77.2 Å². The zero-order chi connectivity index (χ0) is 34.8. The number of nitrogens with one attached hydrogen (secondary N) is 2. The highest BCUT2D eigenvalue weighted by Gasteiger charge is 2.31. The van der Waals surface area contributed by atoms with Crippen LogP contribution in [0.2, 0.25) is 0 Å². The van der Waals surface area contributed by atoms with Crippen molar-refractivity contribution < 1.29 is 31.1 Å². The fourth-order valence-corrected chi connectivity index (χ4v) is 6.69. The number of fused-ring (bicyclic) bond motifs is 6. The maximum Gasteiger partial charge on any atom is 0.255 e. The number of halogens is 2. The second-order valence-electron chi connectivity index (χ2n) is 12.2. The Morgan fingerprint density at radius 2 is 1.80 bits per heavy atom. The Hall–Kier alpha value is -5.27. The van der Waals surface area contributed by atoms with Crippen molar-refractivity contribution in [3.05, 3.63) is 90.0 Å². The number of hydrogen-bond acceptors (Lipinski definition) is 7. The van der Waals surface area contributed by atoms with Crippen LogP contribution in [0.4, 0.5) is 14.5 Å². The number of furan rings is 1. The highest BCUT2D eigenvalue weighted by Crippen LogP contribution is 2.45. The van der Waals surface area contributed by atoms with Crippen molar-refractivity contribution in [1.29, 1.82) is 0 Å². The maximum absolute atomic E-state index is 15.1. The molecule has 0 saturated heterocycles. The van der Waals surface area contributed by atoms with Gasteiger partial charge < -0.3 is 24.4 Å². The Bertz CT molecular complexity index is 2390. The van der Waals surface area contributed by atoms with E-state index in [1.807, 2.05) is 24.5 Å². The Morgan fingerprint density at radius 3 is 2.49 bits per heavy atom. The summed E-state index contributed by atoms with van der Waals surface area (Å²) >= 11 is 0. The average Bonchev–Trinajstić information content (AvgIpc) is 3.66. The van der Waals surface area contributed by atoms with E-state index < -0.39 is 28.0 Å². The number of rotatable bonds is 8. The van der Waals surface area contributed by atoms with Gasteiger partial charge in [0.2, 0.25) is 10.0 Å². The van der Waals surface area contributed by atoms with Crippen molar-refractivity contribution in [2.75, 3.05) is 31.2 Å². The highest BCUT2D eigenvalue weighted by molar-refractivity contribution is 7.92. The summed E-state index contributed by atoms with van der Waals surface area (Å²) in [5, 5.41) is 6.85. The van der Waals surface area contributed by atoms with E-state index in [0.717, 1.165) is 10.6 Å². The third-order valence-electron chi connectivity index (χ3n) is 8.66. The van der Waals surface area contributed by atoms with E-state index in [1.54, 1.807) is 36.4 Å². The van der Waals surface area contributed by atoms with Crippen LogP contribution in [0, 0.1) is 11.6 Å². The van der Waals surface area contributed by atoms with Gasteiger partial charge in [-0.1, -0.05) is 19.9 Å². The second kappa shape index (κ2) is 12.0. The summed E-state index contributed by atoms with van der Waals surface area (Å²) in [6, 6.07) is 19.0. The number of anilines is 1. The molecule has 13 heteroatoms. The molecule has 0 saturated carbocycles. The van der Waals surface area contributed by atoms with Gasteiger partial charge in [-0.3, -0.25) is 9.10 Å². The smallest absolute Gasteiger partial charge is 0.255 e. The van der Waals surface area contributed by atoms with Crippen LogP contribution < -0.4 is 19.7 Å². The fourth-order valence-electron chi connectivity index (χ4n) is 6.18. The van der Waals surface area contributed by atoms with Crippen LogP contribution in [0.5, 0.6) is 5.75 Å². The molecule has 10 nitrogen and oxygen atoms in total. The average molecular weight is 686 g/mol. The van der Waals surface area contributed by atoms with Gasteiger partial charge in [-0.15, -0.1) is 0 Å². The first kappa shape index (κ1) is 32.3. The third kappa shape index (κ3) is 5.58. The van der Waals surface area contributed by atoms with Crippen molar-refractivity contribution in [3.8, 4) is 39.7 Å². The number of carbonyl (C=O) groups is 1. The van der Waals surface area contributed by atoms with E-state index in [0.29, 0.717) is 56.8 Å². The van der Waals surface area contributed by atoms with Crippen LogP contribution in [0.3, 0.4) is 0 Å². The molecule has 4 heterocycles. The van der Waals surface area contributed by atoms with Crippen LogP contribution in [-0.2, 0) is 10.0 Å². The van der Waals surface area contributed by atoms with Gasteiger partial charge in [0.15, 0.2) is 6.23 Å². The minimum absolute atomic E-state index is 0.179. The molecular weight excluding hydrogens is 652 g/mol. The number of pyridine rings is 1. The van der Waals surface area contributed by atoms with Crippen molar-refractivity contribution in [1.82, 2.24) is 20.2 Å². The summed E-state index contributed by atoms with van der Waals surface area (Å²) in [5.74, 6) is -0.616. The van der Waals surface area contributed by atoms with Gasteiger partial charge in [-0.05, 0) is 60.7 Å². The summed E-state index contributed by atoms with van der Waals surface area (Å²) < 4.78 is 70.4. The number of carbonyl (C=O) groups excluding carboxylic acids is 1. The fraction of sp³-hybridized carbons (Fsp3) is 0.222. The molecule has 2 N–H and O–H groups in total. The lowest BCUT2D eigenvalue weighted by Gasteiger charge is -2.30. The predicted octanol–water partition coefficient (Wildman–Crippen LogP) is 6.71. The largest absolute Gasteiger partial charge is 0.466 e. The number of benzene rings is 3. The summed E-state index contributed by atoms with van der Waals surface area (Å²) in [4.78, 5) is 18.3. The number of hydrogen-bond donors (Lipinski definition) is 2. The van der Waals surface area contributed by atoms with E-state index in [1.165, 1.54) is 44.4 Å². The molecule has 0 fully saturated rings. The van der Waals surface area contributed by atoms with Gasteiger partial charge in [0.25, 0.3) is 5.91 Å². The lowest BCUT2D eigenvalue weighted by molar-refractivity contribution is 0.0964. The number of ether oxygens (including phenoxy) is 1. The molecule has 0 spiro atoms. The van der Waals surface area contributed by atoms with E-state index >= 15 is 4.39 Å². The van der Waals surface area contributed by atoms with E-state index in [2.05, 4.69) is 10.6 Å². The number of aromatic nitrogens is 2. The Kier molecular flexibility index (Phi) is 7.91. The molecule has 1 aliphatic heterocycles. The number of sulfonamides is 1. The molecule has 0 radical (unpaired) electrons. The standard InChI is InChI=1S/C36H33F2N5O5S/c1-19(2)40-18-32-43-27-8-6-7-25(38)22(27)16-29(43)34-30(47-32)14-13-26(41-34)23-15-24-31(17-28(23)42(4)49(5,45)46)48-35(33(24)36(44)39-3)20-9-11-21(37)12-10-20/h6-17,19,32,40H,18H2,1-5H3,(H,39,44). The number of nitrogens with zero attached hydrogens (tertiary/aromatic N) is 3. The van der Waals surface area contributed by atoms with Gasteiger partial charge in [0.1, 0.15) is 34.4 Å². The van der Waals surface area contributed by atoms with Crippen LogP contribution in [0.25, 0.3) is 55.8 Å². The summed E-state index contributed by atoms with van der Waals surface area (Å²) in [6.45, 7) is 4.50. The lowest BCUT2D eigenvalue weighted by atomic mass is 10.0. The van der Waals surface area contributed by atoms with Gasteiger partial charge in [0, 0.05) is 48.1 Å². The highest BCUT2D eigenvalue weighted by atomic mass is 32.2. The molecule has 252 valence electrons. The first-order chi connectivity index (χ1) is 23.3. The lowest BCUT2D eigenvalue weighted by Crippen LogP contribution is -2.35. The maximum atomic E-state index is 15.1. The predicted molar refractivity (Wildman–Crippen MR) is 185 cm³/mol. The van der Waals surface area contributed by atoms with Crippen molar-refractivity contribution >= 4 is 43.5 Å². The first-order valence-corrected chi connectivity index (χ1v) is 17.4. The minimum Gasteiger partial charge on any atom is -0.466 e. The molecule has 1 unspecified atom stereocenters. The quantitative estimate of drug-likeness (QED) is 0.183. The molecule has 49 heavy (non-hydrogen) atoms. The molecule has 1 atom stereocenters. The van der Waals surface area contributed by atoms with Crippen molar-refractivity contribution in [2.24, 2.45) is 0 Å². The van der Waals surface area contributed by atoms with Crippen LogP contribution >= 0.6 is 0 Å². The van der Waals surface area contributed by atoms with E-state index in [4.69, 9.17) is 14.1 Å². The second-order valence-corrected chi connectivity index (χ2v) is 14.3. The molecule has 3 aromatic heterocycles.